The van der Waals surface area contributed by atoms with Gasteiger partial charge in [0.1, 0.15) is 0 Å². The van der Waals surface area contributed by atoms with Gasteiger partial charge in [-0.25, -0.2) is 22.4 Å². The molecule has 0 bridgehead atoms. The highest BCUT2D eigenvalue weighted by Crippen LogP contribution is 2.64. The molecular weight excluding hydrogens is 749 g/mol. The Hall–Kier alpha value is -2.80. The highest BCUT2D eigenvalue weighted by molar-refractivity contribution is 7.90. The van der Waals surface area contributed by atoms with E-state index in [1.54, 1.807) is 0 Å². The van der Waals surface area contributed by atoms with E-state index in [4.69, 9.17) is 10.2 Å². The number of carbonyl (C=O) groups is 2. The largest absolute Gasteiger partial charge is 0.478 e. The standard InChI is InChI=1S/C13H3F23N2O6S/c14-3(15,1(39)40)5(17,18)4(16,2(41)42)38(36)37-45(43,44)13(34,35)11(29,30)9(25,26)7(21,22)6(19,20)8(23,24)10(27,28)12(31,32)33/h37H,(H,39,40)(H,41,42)/t4-/m1/s1. The Morgan fingerprint density at radius 2 is 0.778 bits per heavy atom. The number of aliphatic carboxylic acids is 2. The third kappa shape index (κ3) is 5.21. The van der Waals surface area contributed by atoms with Gasteiger partial charge in [0.05, 0.1) is 0 Å². The SMILES string of the molecule is O=C(O)C(F)(F)C(F)(F)[C@@](F)(C(=O)O)N(F)NS(=O)(=O)C(F)(F)C(F)(F)C(F)(F)C(F)(F)C(F)(F)C(F)(F)C(F)(F)C(F)(F)F. The lowest BCUT2D eigenvalue weighted by Gasteiger charge is -2.42. The first-order chi connectivity index (χ1) is 19.0. The average molecular weight is 752 g/mol. The van der Waals surface area contributed by atoms with E-state index in [1.165, 1.54) is 0 Å². The summed E-state index contributed by atoms with van der Waals surface area (Å²) in [6, 6.07) is 0. The van der Waals surface area contributed by atoms with Crippen LogP contribution in [0.2, 0.25) is 0 Å². The van der Waals surface area contributed by atoms with E-state index in [1.807, 2.05) is 0 Å². The Morgan fingerprint density at radius 1 is 0.489 bits per heavy atom. The van der Waals surface area contributed by atoms with Crippen molar-refractivity contribution in [3.05, 3.63) is 0 Å². The molecule has 0 aromatic heterocycles. The third-order valence-electron chi connectivity index (χ3n) is 4.86. The average Bonchev–Trinajstić information content (AvgIpc) is 2.80. The molecule has 0 aromatic rings. The van der Waals surface area contributed by atoms with Crippen LogP contribution in [0.4, 0.5) is 101 Å². The molecule has 0 aliphatic rings. The predicted octanol–water partition coefficient (Wildman–Crippen LogP) is 5.08. The highest BCUT2D eigenvalue weighted by atomic mass is 32.2. The smallest absolute Gasteiger partial charge is 0.460 e. The van der Waals surface area contributed by atoms with E-state index >= 15 is 0 Å². The molecule has 0 saturated carbocycles. The quantitative estimate of drug-likeness (QED) is 0.0980. The fourth-order valence-corrected chi connectivity index (χ4v) is 3.14. The summed E-state index contributed by atoms with van der Waals surface area (Å²) in [4.78, 5) is 19.1. The maximum Gasteiger partial charge on any atom is 0.460 e. The molecular formula is C13H3F23N2O6S. The molecule has 0 heterocycles. The van der Waals surface area contributed by atoms with Crippen LogP contribution >= 0.6 is 0 Å². The molecule has 0 amide bonds. The first kappa shape index (κ1) is 42.2. The minimum absolute atomic E-state index is 1.66. The zero-order valence-corrected chi connectivity index (χ0v) is 19.9. The van der Waals surface area contributed by atoms with Gasteiger partial charge in [0.15, 0.2) is 0 Å². The molecule has 0 aliphatic heterocycles. The number of carboxylic acid groups (broad SMARTS) is 2. The molecule has 0 unspecified atom stereocenters. The Morgan fingerprint density at radius 3 is 1.04 bits per heavy atom. The molecule has 32 heteroatoms. The van der Waals surface area contributed by atoms with Crippen molar-refractivity contribution in [1.29, 1.82) is 0 Å². The zero-order valence-electron chi connectivity index (χ0n) is 19.1. The summed E-state index contributed by atoms with van der Waals surface area (Å²) in [5.41, 5.74) is 0. The van der Waals surface area contributed by atoms with Crippen molar-refractivity contribution in [2.75, 3.05) is 0 Å². The van der Waals surface area contributed by atoms with Gasteiger partial charge >= 0.3 is 76.5 Å². The molecule has 45 heavy (non-hydrogen) atoms. The van der Waals surface area contributed by atoms with Gasteiger partial charge in [0.25, 0.3) is 10.0 Å². The summed E-state index contributed by atoms with van der Waals surface area (Å²) in [5.74, 6) is -86.8. The lowest BCUT2D eigenvalue weighted by Crippen LogP contribution is -2.76. The first-order valence-electron chi connectivity index (χ1n) is 9.12. The number of nitrogens with zero attached hydrogens (tertiary/aromatic N) is 1. The van der Waals surface area contributed by atoms with Crippen LogP contribution in [0.25, 0.3) is 0 Å². The molecule has 0 fully saturated rings. The van der Waals surface area contributed by atoms with E-state index < -0.39 is 96.6 Å². The maximum absolute atomic E-state index is 14.2. The normalized spacial score (nSPS) is 17.3. The number of alkyl halides is 22. The topological polar surface area (TPSA) is 124 Å². The second-order valence-electron chi connectivity index (χ2n) is 7.72. The molecule has 0 aromatic carbocycles. The second kappa shape index (κ2) is 10.6. The fourth-order valence-electron chi connectivity index (χ4n) is 2.23. The number of nitrogens with one attached hydrogen (secondary N) is 1. The van der Waals surface area contributed by atoms with Gasteiger partial charge < -0.3 is 10.2 Å². The molecule has 0 saturated heterocycles. The predicted molar refractivity (Wildman–Crippen MR) is 84.7 cm³/mol. The minimum Gasteiger partial charge on any atom is -0.478 e. The summed E-state index contributed by atoms with van der Waals surface area (Å²) in [5, 5.41) is 3.24. The Labute approximate surface area is 227 Å². The van der Waals surface area contributed by atoms with E-state index in [2.05, 4.69) is 0 Å². The molecule has 268 valence electrons. The summed E-state index contributed by atoms with van der Waals surface area (Å²) in [7, 11) is -9.12. The minimum atomic E-state index is -9.43. The molecule has 0 aliphatic carbocycles. The Balaban J connectivity index is 7.26. The van der Waals surface area contributed by atoms with Crippen molar-refractivity contribution in [2.24, 2.45) is 0 Å². The van der Waals surface area contributed by atoms with Gasteiger partial charge in [-0.05, 0) is 5.23 Å². The first-order valence-corrected chi connectivity index (χ1v) is 10.6. The van der Waals surface area contributed by atoms with Crippen LogP contribution in [0.15, 0.2) is 0 Å². The molecule has 0 rings (SSSR count). The van der Waals surface area contributed by atoms with Crippen molar-refractivity contribution >= 4 is 22.0 Å². The van der Waals surface area contributed by atoms with Gasteiger partial charge in [0, 0.05) is 0 Å². The molecule has 0 radical (unpaired) electrons. The molecule has 8 nitrogen and oxygen atoms in total. The number of rotatable bonds is 14. The number of sulfonamides is 1. The van der Waals surface area contributed by atoms with Crippen LogP contribution in [0.1, 0.15) is 0 Å². The van der Waals surface area contributed by atoms with Gasteiger partial charge in [-0.3, -0.25) is 0 Å². The lowest BCUT2D eigenvalue weighted by molar-refractivity contribution is -0.458. The van der Waals surface area contributed by atoms with Crippen LogP contribution in [-0.2, 0) is 19.6 Å². The number of hydrogen-bond acceptors (Lipinski definition) is 5. The summed E-state index contributed by atoms with van der Waals surface area (Å²) < 4.78 is 328. The number of hydrazine groups is 1. The van der Waals surface area contributed by atoms with Gasteiger partial charge in [-0.2, -0.15) is 92.2 Å². The van der Waals surface area contributed by atoms with E-state index in [0.717, 1.165) is 0 Å². The van der Waals surface area contributed by atoms with Crippen molar-refractivity contribution < 1.29 is 129 Å². The van der Waals surface area contributed by atoms with Gasteiger partial charge in [-0.1, -0.05) is 0 Å². The summed E-state index contributed by atoms with van der Waals surface area (Å²) >= 11 is 0. The summed E-state index contributed by atoms with van der Waals surface area (Å²) in [6.07, 6.45) is -8.17. The molecule has 1 atom stereocenters. The van der Waals surface area contributed by atoms with E-state index in [-0.39, 0.29) is 0 Å². The zero-order chi connectivity index (χ0) is 37.4. The maximum atomic E-state index is 14.2. The lowest BCUT2D eigenvalue weighted by atomic mass is 9.91. The van der Waals surface area contributed by atoms with Crippen LogP contribution in [-0.4, -0.2) is 100 Å². The monoisotopic (exact) mass is 752 g/mol. The van der Waals surface area contributed by atoms with Crippen molar-refractivity contribution in [1.82, 2.24) is 10.1 Å². The number of carboxylic acids is 2. The number of halogens is 23. The van der Waals surface area contributed by atoms with E-state index in [0.29, 0.717) is 0 Å². The number of hydrogen-bond donors (Lipinski definition) is 3. The van der Waals surface area contributed by atoms with Gasteiger partial charge in [0.2, 0.25) is 0 Å². The van der Waals surface area contributed by atoms with E-state index in [9.17, 15) is 119 Å². The fraction of sp³-hybridized carbons (Fsp3) is 0.846. The summed E-state index contributed by atoms with van der Waals surface area (Å²) in [6.45, 7) is 0. The highest BCUT2D eigenvalue weighted by Gasteiger charge is 2.96. The van der Waals surface area contributed by atoms with Crippen LogP contribution in [0.3, 0.4) is 0 Å². The molecule has 3 N–H and O–H groups in total. The second-order valence-corrected chi connectivity index (χ2v) is 9.42. The van der Waals surface area contributed by atoms with Crippen LogP contribution in [0.5, 0.6) is 0 Å². The van der Waals surface area contributed by atoms with Crippen LogP contribution < -0.4 is 4.83 Å². The van der Waals surface area contributed by atoms with Crippen LogP contribution in [0, 0.1) is 0 Å². The van der Waals surface area contributed by atoms with Crippen molar-refractivity contribution in [3.8, 4) is 0 Å². The van der Waals surface area contributed by atoms with Gasteiger partial charge in [-0.15, -0.1) is 9.31 Å². The third-order valence-corrected chi connectivity index (χ3v) is 6.20. The Bertz CT molecular complexity index is 1280. The molecule has 0 spiro atoms. The Kier molecular flexibility index (Phi) is 9.95. The van der Waals surface area contributed by atoms with Crippen molar-refractivity contribution in [3.63, 3.8) is 0 Å². The van der Waals surface area contributed by atoms with Crippen molar-refractivity contribution in [2.45, 2.75) is 64.6 Å².